The van der Waals surface area contributed by atoms with E-state index >= 15 is 0 Å². The van der Waals surface area contributed by atoms with Crippen molar-refractivity contribution in [2.75, 3.05) is 25.5 Å². The number of piperidine rings is 1. The number of amides is 1. The predicted molar refractivity (Wildman–Crippen MR) is 137 cm³/mol. The number of nitrogens with one attached hydrogen (secondary N) is 1. The van der Waals surface area contributed by atoms with Crippen LogP contribution in [0.4, 0.5) is 10.5 Å². The van der Waals surface area contributed by atoms with Crippen LogP contribution in [0.15, 0.2) is 66.7 Å². The van der Waals surface area contributed by atoms with Gasteiger partial charge < -0.3 is 14.9 Å². The summed E-state index contributed by atoms with van der Waals surface area (Å²) in [4.78, 5) is 14.1. The molecule has 3 aromatic carbocycles. The summed E-state index contributed by atoms with van der Waals surface area (Å²) in [6.07, 6.45) is 2.28. The lowest BCUT2D eigenvalue weighted by Crippen LogP contribution is -2.42. The van der Waals surface area contributed by atoms with Crippen molar-refractivity contribution in [3.63, 3.8) is 0 Å². The summed E-state index contributed by atoms with van der Waals surface area (Å²) in [6.45, 7) is 3.19. The average molecular weight is 473 g/mol. The van der Waals surface area contributed by atoms with Crippen LogP contribution in [0.5, 0.6) is 11.5 Å². The number of benzene rings is 3. The molecule has 1 aliphatic carbocycles. The third kappa shape index (κ3) is 4.98. The number of carbonyl (C=O) groups is 1. The van der Waals surface area contributed by atoms with E-state index in [0.29, 0.717) is 29.2 Å². The van der Waals surface area contributed by atoms with E-state index in [0.717, 1.165) is 42.7 Å². The molecule has 0 radical (unpaired) electrons. The number of anilines is 1. The van der Waals surface area contributed by atoms with Crippen molar-refractivity contribution >= 4 is 11.8 Å². The minimum atomic E-state index is -1.10. The highest BCUT2D eigenvalue weighted by molar-refractivity contribution is 5.92. The maximum Gasteiger partial charge on any atom is 0.409 e. The van der Waals surface area contributed by atoms with E-state index in [-0.39, 0.29) is 5.75 Å². The molecule has 2 aliphatic rings. The molecule has 0 spiro atoms. The van der Waals surface area contributed by atoms with Gasteiger partial charge in [-0.1, -0.05) is 48.5 Å². The van der Waals surface area contributed by atoms with Crippen LogP contribution >= 0.6 is 0 Å². The van der Waals surface area contributed by atoms with Crippen molar-refractivity contribution in [1.29, 1.82) is 0 Å². The summed E-state index contributed by atoms with van der Waals surface area (Å²) in [6, 6.07) is 21.7. The number of ether oxygens (including phenoxy) is 1. The second kappa shape index (κ2) is 10.0. The molecule has 2 atom stereocenters. The fourth-order valence-corrected chi connectivity index (χ4v) is 6.17. The number of phenolic OH excluding ortho intramolecular Hbond substituents is 1. The average Bonchev–Trinajstić information content (AvgIpc) is 3.07. The number of fused-ring (bicyclic) bond motifs is 2. The topological polar surface area (TPSA) is 82.0 Å². The molecule has 6 heteroatoms. The van der Waals surface area contributed by atoms with Crippen LogP contribution in [0.3, 0.4) is 0 Å². The van der Waals surface area contributed by atoms with Crippen molar-refractivity contribution in [3.05, 3.63) is 77.9 Å². The normalized spacial score (nSPS) is 21.6. The first kappa shape index (κ1) is 23.2. The van der Waals surface area contributed by atoms with Crippen LogP contribution in [-0.2, 0) is 13.0 Å². The van der Waals surface area contributed by atoms with E-state index < -0.39 is 6.09 Å². The molecule has 2 unspecified atom stereocenters. The number of nitrogens with zero attached hydrogens (tertiary/aromatic N) is 1. The second-order valence-corrected chi connectivity index (χ2v) is 9.80. The Hall–Kier alpha value is -3.51. The first-order valence-corrected chi connectivity index (χ1v) is 12.3. The Morgan fingerprint density at radius 1 is 1.03 bits per heavy atom. The zero-order valence-corrected chi connectivity index (χ0v) is 20.0. The van der Waals surface area contributed by atoms with Gasteiger partial charge >= 0.3 is 6.09 Å². The van der Waals surface area contributed by atoms with Crippen LogP contribution in [0, 0.1) is 17.8 Å². The van der Waals surface area contributed by atoms with E-state index in [4.69, 9.17) is 4.74 Å². The molecule has 5 rings (SSSR count). The number of hydrogen-bond donors (Lipinski definition) is 3. The molecule has 1 aliphatic heterocycles. The standard InChI is InChI=1S/C29H32N2O4/c1-35-27-13-12-21(15-26(27)32)28-20(8-5-9-25(28)30-29(33)34)14-24-22-10-11-23(24)18-31(17-22)16-19-6-3-2-4-7-19/h2-9,12-13,15,22-24,30,32H,10-11,14,16-18H2,1H3,(H,33,34). The van der Waals surface area contributed by atoms with Gasteiger partial charge in [0.1, 0.15) is 0 Å². The molecule has 1 heterocycles. The van der Waals surface area contributed by atoms with Gasteiger partial charge in [-0.3, -0.25) is 10.2 Å². The number of rotatable bonds is 7. The first-order chi connectivity index (χ1) is 17.0. The summed E-state index contributed by atoms with van der Waals surface area (Å²) in [5.41, 5.74) is 4.61. The highest BCUT2D eigenvalue weighted by atomic mass is 16.5. The third-order valence-corrected chi connectivity index (χ3v) is 7.67. The molecule has 2 fully saturated rings. The first-order valence-electron chi connectivity index (χ1n) is 12.3. The third-order valence-electron chi connectivity index (χ3n) is 7.67. The van der Waals surface area contributed by atoms with Gasteiger partial charge in [-0.2, -0.15) is 0 Å². The van der Waals surface area contributed by atoms with Crippen LogP contribution in [0.1, 0.15) is 24.0 Å². The van der Waals surface area contributed by atoms with E-state index in [1.807, 2.05) is 12.1 Å². The largest absolute Gasteiger partial charge is 0.504 e. The quantitative estimate of drug-likeness (QED) is 0.401. The number of hydrogen-bond acceptors (Lipinski definition) is 4. The van der Waals surface area contributed by atoms with E-state index in [9.17, 15) is 15.0 Å². The highest BCUT2D eigenvalue weighted by Crippen LogP contribution is 2.46. The molecule has 3 N–H and O–H groups in total. The number of phenols is 1. The van der Waals surface area contributed by atoms with Gasteiger partial charge in [0, 0.05) is 25.2 Å². The van der Waals surface area contributed by atoms with Crippen molar-refractivity contribution in [1.82, 2.24) is 4.90 Å². The maximum atomic E-state index is 11.5. The minimum Gasteiger partial charge on any atom is -0.504 e. The monoisotopic (exact) mass is 472 g/mol. The molecule has 6 nitrogen and oxygen atoms in total. The van der Waals surface area contributed by atoms with Crippen molar-refractivity contribution in [3.8, 4) is 22.6 Å². The zero-order valence-electron chi connectivity index (χ0n) is 20.0. The summed E-state index contributed by atoms with van der Waals surface area (Å²) < 4.78 is 5.21. The molecule has 3 aromatic rings. The molecule has 0 aromatic heterocycles. The van der Waals surface area contributed by atoms with Crippen molar-refractivity contribution < 1.29 is 19.7 Å². The van der Waals surface area contributed by atoms with E-state index in [2.05, 4.69) is 46.6 Å². The van der Waals surface area contributed by atoms with Crippen LogP contribution in [0.2, 0.25) is 0 Å². The highest BCUT2D eigenvalue weighted by Gasteiger charge is 2.42. The molecular weight excluding hydrogens is 440 g/mol. The molecule has 1 saturated carbocycles. The summed E-state index contributed by atoms with van der Waals surface area (Å²) >= 11 is 0. The number of aromatic hydroxyl groups is 1. The van der Waals surface area contributed by atoms with Gasteiger partial charge in [-0.15, -0.1) is 0 Å². The lowest BCUT2D eigenvalue weighted by atomic mass is 9.79. The molecule has 1 saturated heterocycles. The Morgan fingerprint density at radius 3 is 2.43 bits per heavy atom. The molecule has 35 heavy (non-hydrogen) atoms. The van der Waals surface area contributed by atoms with Gasteiger partial charge in [0.2, 0.25) is 0 Å². The Morgan fingerprint density at radius 2 is 1.77 bits per heavy atom. The number of carboxylic acid groups (broad SMARTS) is 1. The molecule has 182 valence electrons. The van der Waals surface area contributed by atoms with Gasteiger partial charge in [-0.25, -0.2) is 4.79 Å². The molecule has 2 bridgehead atoms. The van der Waals surface area contributed by atoms with E-state index in [1.54, 1.807) is 18.2 Å². The van der Waals surface area contributed by atoms with Gasteiger partial charge in [-0.05, 0) is 71.9 Å². The lowest BCUT2D eigenvalue weighted by molar-refractivity contribution is 0.103. The van der Waals surface area contributed by atoms with Gasteiger partial charge in [0.05, 0.1) is 12.8 Å². The van der Waals surface area contributed by atoms with E-state index in [1.165, 1.54) is 25.5 Å². The fraction of sp³-hybridized carbons (Fsp3) is 0.345. The predicted octanol–water partition coefficient (Wildman–Crippen LogP) is 5.86. The lowest BCUT2D eigenvalue weighted by Gasteiger charge is -2.38. The summed E-state index contributed by atoms with van der Waals surface area (Å²) in [7, 11) is 1.51. The number of methoxy groups -OCH3 is 1. The van der Waals surface area contributed by atoms with Crippen molar-refractivity contribution in [2.45, 2.75) is 25.8 Å². The molecule has 1 amide bonds. The van der Waals surface area contributed by atoms with Crippen LogP contribution in [-0.4, -0.2) is 41.4 Å². The Balaban J connectivity index is 1.41. The smallest absolute Gasteiger partial charge is 0.409 e. The Bertz CT molecular complexity index is 1180. The van der Waals surface area contributed by atoms with Crippen molar-refractivity contribution in [2.24, 2.45) is 17.8 Å². The van der Waals surface area contributed by atoms with Gasteiger partial charge in [0.25, 0.3) is 0 Å². The number of likely N-dealkylation sites (tertiary alicyclic amines) is 1. The Labute approximate surface area is 206 Å². The van der Waals surface area contributed by atoms with Gasteiger partial charge in [0.15, 0.2) is 11.5 Å². The Kier molecular flexibility index (Phi) is 6.64. The maximum absolute atomic E-state index is 11.5. The van der Waals surface area contributed by atoms with Crippen LogP contribution in [0.25, 0.3) is 11.1 Å². The molecular formula is C29H32N2O4. The second-order valence-electron chi connectivity index (χ2n) is 9.80. The SMILES string of the molecule is COc1ccc(-c2c(CC3C4CCC3CN(Cc3ccccc3)C4)cccc2NC(=O)O)cc1O. The fourth-order valence-electron chi connectivity index (χ4n) is 6.17. The zero-order chi connectivity index (χ0) is 24.4. The minimum absolute atomic E-state index is 0.0374. The summed E-state index contributed by atoms with van der Waals surface area (Å²) in [5.74, 6) is 2.25. The summed E-state index contributed by atoms with van der Waals surface area (Å²) in [5, 5.41) is 22.4. The van der Waals surface area contributed by atoms with Crippen LogP contribution < -0.4 is 10.1 Å².